The molecule has 3 aromatic carbocycles. The Bertz CT molecular complexity index is 688. The molecule has 0 fully saturated rings. The van der Waals surface area contributed by atoms with Crippen LogP contribution in [0, 0.1) is 0 Å². The van der Waals surface area contributed by atoms with Crippen molar-refractivity contribution in [3.63, 3.8) is 0 Å². The van der Waals surface area contributed by atoms with E-state index in [0.29, 0.717) is 0 Å². The van der Waals surface area contributed by atoms with Gasteiger partial charge in [0.1, 0.15) is 7.80 Å². The minimum absolute atomic E-state index is 0.581. The van der Waals surface area contributed by atoms with Crippen molar-refractivity contribution in [3.8, 4) is 0 Å². The fraction of sp³-hybridized carbons (Fsp3) is 0.0526. The molecule has 0 N–H and O–H groups in total. The third-order valence-electron chi connectivity index (χ3n) is 3.53. The van der Waals surface area contributed by atoms with Gasteiger partial charge in [0.15, 0.2) is 0 Å². The normalized spacial score (nSPS) is 12.2. The molecule has 0 aliphatic rings. The Labute approximate surface area is 133 Å². The quantitative estimate of drug-likeness (QED) is 0.649. The minimum Gasteiger partial charge on any atom is -0.322 e. The molecule has 0 aliphatic carbocycles. The molecule has 1 nitrogen and oxygen atoms in total. The summed E-state index contributed by atoms with van der Waals surface area (Å²) in [6.45, 7) is 0. The Morgan fingerprint density at radius 2 is 1.05 bits per heavy atom. The highest BCUT2D eigenvalue weighted by Crippen LogP contribution is 2.42. The molecule has 3 aromatic rings. The minimum atomic E-state index is -1.78. The third kappa shape index (κ3) is 3.74. The van der Waals surface area contributed by atoms with Crippen molar-refractivity contribution >= 4 is 31.6 Å². The van der Waals surface area contributed by atoms with Crippen LogP contribution in [-0.2, 0) is 4.57 Å². The summed E-state index contributed by atoms with van der Waals surface area (Å²) in [5.74, 6) is 0.734. The number of hydrogen-bond acceptors (Lipinski definition) is 1. The van der Waals surface area contributed by atoms with E-state index in [4.69, 9.17) is 0 Å². The van der Waals surface area contributed by atoms with Gasteiger partial charge in [0.25, 0.3) is 0 Å². The van der Waals surface area contributed by atoms with Gasteiger partial charge in [0.2, 0.25) is 0 Å². The van der Waals surface area contributed by atoms with Crippen molar-refractivity contribution < 1.29 is 4.57 Å². The van der Waals surface area contributed by atoms with Gasteiger partial charge in [-0.2, -0.15) is 0 Å². The lowest BCUT2D eigenvalue weighted by Gasteiger charge is -2.18. The van der Waals surface area contributed by atoms with Gasteiger partial charge in [-0.1, -0.05) is 91.0 Å². The topological polar surface area (TPSA) is 17.1 Å². The first-order valence-corrected chi connectivity index (χ1v) is 10.4. The molecule has 3 rings (SSSR count). The second-order valence-electron chi connectivity index (χ2n) is 5.05. The van der Waals surface area contributed by atoms with E-state index in [1.807, 2.05) is 42.5 Å². The van der Waals surface area contributed by atoms with Gasteiger partial charge >= 0.3 is 0 Å². The van der Waals surface area contributed by atoms with Crippen LogP contribution >= 0.6 is 15.7 Å². The second-order valence-corrected chi connectivity index (χ2v) is 9.62. The largest absolute Gasteiger partial charge is 0.322 e. The van der Waals surface area contributed by atoms with Gasteiger partial charge in [-0.25, -0.2) is 0 Å². The van der Waals surface area contributed by atoms with Gasteiger partial charge in [-0.05, 0) is 18.5 Å². The van der Waals surface area contributed by atoms with Gasteiger partial charge in [0, 0.05) is 11.2 Å². The van der Waals surface area contributed by atoms with Crippen molar-refractivity contribution in [2.75, 3.05) is 5.90 Å². The summed E-state index contributed by atoms with van der Waals surface area (Å²) in [6.07, 6.45) is 0. The molecule has 22 heavy (non-hydrogen) atoms. The maximum absolute atomic E-state index is 12.8. The molecule has 110 valence electrons. The Morgan fingerprint density at radius 1 is 0.636 bits per heavy atom. The second kappa shape index (κ2) is 7.54. The van der Waals surface area contributed by atoms with Crippen molar-refractivity contribution in [2.45, 2.75) is 0 Å². The predicted molar refractivity (Wildman–Crippen MR) is 99.0 cm³/mol. The highest BCUT2D eigenvalue weighted by molar-refractivity contribution is 7.82. The average molecular weight is 324 g/mol. The number of hydrogen-bond donors (Lipinski definition) is 0. The van der Waals surface area contributed by atoms with Crippen molar-refractivity contribution in [1.82, 2.24) is 0 Å². The first-order chi connectivity index (χ1) is 10.8. The highest BCUT2D eigenvalue weighted by Gasteiger charge is 2.17. The molecule has 0 aliphatic heterocycles. The van der Waals surface area contributed by atoms with Gasteiger partial charge < -0.3 is 4.57 Å². The SMILES string of the molecule is O=[PH](CP(c1ccccc1)c1ccccc1)c1ccccc1. The van der Waals surface area contributed by atoms with E-state index in [0.717, 1.165) is 11.2 Å². The summed E-state index contributed by atoms with van der Waals surface area (Å²) >= 11 is 0. The summed E-state index contributed by atoms with van der Waals surface area (Å²) in [4.78, 5) is 0. The zero-order chi connectivity index (χ0) is 15.2. The molecular weight excluding hydrogens is 306 g/mol. The molecule has 1 unspecified atom stereocenters. The van der Waals surface area contributed by atoms with Gasteiger partial charge in [-0.15, -0.1) is 0 Å². The van der Waals surface area contributed by atoms with E-state index < -0.39 is 15.7 Å². The smallest absolute Gasteiger partial charge is 0.108 e. The third-order valence-corrected chi connectivity index (χ3v) is 8.77. The van der Waals surface area contributed by atoms with Crippen molar-refractivity contribution in [2.24, 2.45) is 0 Å². The molecule has 0 radical (unpaired) electrons. The fourth-order valence-corrected chi connectivity index (χ4v) is 7.67. The van der Waals surface area contributed by atoms with Crippen LogP contribution in [0.25, 0.3) is 0 Å². The lowest BCUT2D eigenvalue weighted by molar-refractivity contribution is 0.595. The van der Waals surface area contributed by atoms with Crippen LogP contribution in [0.2, 0.25) is 0 Å². The Morgan fingerprint density at radius 3 is 1.50 bits per heavy atom. The van der Waals surface area contributed by atoms with Crippen LogP contribution in [0.15, 0.2) is 91.0 Å². The Balaban J connectivity index is 1.91. The van der Waals surface area contributed by atoms with Crippen LogP contribution in [0.4, 0.5) is 0 Å². The molecule has 0 saturated carbocycles. The molecule has 0 bridgehead atoms. The summed E-state index contributed by atoms with van der Waals surface area (Å²) in [6, 6.07) is 30.8. The first-order valence-electron chi connectivity index (χ1n) is 7.30. The molecule has 3 heteroatoms. The van der Waals surface area contributed by atoms with Gasteiger partial charge in [0.05, 0.1) is 0 Å². The maximum Gasteiger partial charge on any atom is 0.108 e. The lowest BCUT2D eigenvalue weighted by Crippen LogP contribution is -2.14. The van der Waals surface area contributed by atoms with E-state index >= 15 is 0 Å². The Hall–Kier alpha value is -1.68. The van der Waals surface area contributed by atoms with E-state index in [1.165, 1.54) is 10.6 Å². The van der Waals surface area contributed by atoms with E-state index in [9.17, 15) is 4.57 Å². The number of benzene rings is 3. The summed E-state index contributed by atoms with van der Waals surface area (Å²) in [7, 11) is -2.36. The molecule has 0 aromatic heterocycles. The first kappa shape index (κ1) is 15.2. The lowest BCUT2D eigenvalue weighted by atomic mass is 10.4. The van der Waals surface area contributed by atoms with E-state index in [2.05, 4.69) is 48.5 Å². The van der Waals surface area contributed by atoms with Crippen LogP contribution in [-0.4, -0.2) is 5.90 Å². The summed E-state index contributed by atoms with van der Waals surface area (Å²) < 4.78 is 12.8. The van der Waals surface area contributed by atoms with Crippen molar-refractivity contribution in [3.05, 3.63) is 91.0 Å². The highest BCUT2D eigenvalue weighted by atomic mass is 31.2. The predicted octanol–water partition coefficient (Wildman–Crippen LogP) is 3.96. The van der Waals surface area contributed by atoms with Crippen molar-refractivity contribution in [1.29, 1.82) is 0 Å². The molecule has 1 atom stereocenters. The molecule has 0 saturated heterocycles. The molecular formula is C19H18OP2. The van der Waals surface area contributed by atoms with Crippen LogP contribution in [0.3, 0.4) is 0 Å². The zero-order valence-corrected chi connectivity index (χ0v) is 14.1. The monoisotopic (exact) mass is 324 g/mol. The van der Waals surface area contributed by atoms with E-state index in [-0.39, 0.29) is 0 Å². The molecule has 0 amide bonds. The summed E-state index contributed by atoms with van der Waals surface area (Å²) in [5.41, 5.74) is 0. The Kier molecular flexibility index (Phi) is 5.22. The maximum atomic E-state index is 12.8. The average Bonchev–Trinajstić information content (AvgIpc) is 2.62. The number of rotatable bonds is 5. The van der Waals surface area contributed by atoms with Crippen LogP contribution in [0.5, 0.6) is 0 Å². The van der Waals surface area contributed by atoms with Crippen LogP contribution in [0.1, 0.15) is 0 Å². The van der Waals surface area contributed by atoms with E-state index in [1.54, 1.807) is 0 Å². The summed E-state index contributed by atoms with van der Waals surface area (Å²) in [5, 5.41) is 3.56. The molecule has 0 spiro atoms. The standard InChI is InChI=1S/C19H18OP2/c20-22(19-14-8-3-9-15-19)16-21(17-10-4-1-5-11-17)18-12-6-2-7-13-18/h1-15,22H,16H2. The van der Waals surface area contributed by atoms with Crippen LogP contribution < -0.4 is 15.9 Å². The van der Waals surface area contributed by atoms with Gasteiger partial charge in [-0.3, -0.25) is 0 Å². The fourth-order valence-electron chi connectivity index (χ4n) is 2.41. The molecule has 0 heterocycles. The zero-order valence-electron chi connectivity index (χ0n) is 12.2.